The molecule has 0 spiro atoms. The van der Waals surface area contributed by atoms with Gasteiger partial charge in [-0.15, -0.1) is 0 Å². The summed E-state index contributed by atoms with van der Waals surface area (Å²) in [7, 11) is 0. The molecule has 0 aliphatic heterocycles. The van der Waals surface area contributed by atoms with Crippen LogP contribution >= 0.6 is 0 Å². The van der Waals surface area contributed by atoms with Crippen LogP contribution in [-0.2, 0) is 0 Å². The Labute approximate surface area is 68.9 Å². The van der Waals surface area contributed by atoms with E-state index in [1.165, 1.54) is 0 Å². The van der Waals surface area contributed by atoms with Crippen LogP contribution in [0.2, 0.25) is 0 Å². The van der Waals surface area contributed by atoms with Gasteiger partial charge in [0.1, 0.15) is 24.4 Å². The highest BCUT2D eigenvalue weighted by Gasteiger charge is 2.49. The van der Waals surface area contributed by atoms with Gasteiger partial charge in [-0.1, -0.05) is 0 Å². The second-order valence-electron chi connectivity index (χ2n) is 3.07. The molecule has 1 fully saturated rings. The normalized spacial score (nSPS) is 55.5. The maximum atomic E-state index is 9.14. The Morgan fingerprint density at radius 1 is 0.833 bits per heavy atom. The minimum Gasteiger partial charge on any atom is -0.440 e. The third-order valence-corrected chi connectivity index (χ3v) is 2.23. The van der Waals surface area contributed by atoms with Crippen LogP contribution in [0.5, 0.6) is 0 Å². The number of hydrogen-bond donors (Lipinski definition) is 5. The molecule has 1 saturated carbocycles. The molecule has 0 aromatic carbocycles. The van der Waals surface area contributed by atoms with Gasteiger partial charge in [0.25, 0.3) is 0 Å². The Hall–Kier alpha value is -0.240. The molecule has 0 saturated heterocycles. The fraction of sp³-hybridized carbons (Fsp3) is 1.00. The fourth-order valence-corrected chi connectivity index (χ4v) is 1.28. The molecule has 0 heterocycles. The van der Waals surface area contributed by atoms with Gasteiger partial charge in [-0.2, -0.15) is 0 Å². The van der Waals surface area contributed by atoms with E-state index >= 15 is 0 Å². The maximum absolute atomic E-state index is 9.14. The van der Waals surface area contributed by atoms with Gasteiger partial charge in [0.2, 0.25) is 6.10 Å². The highest BCUT2D eigenvalue weighted by Crippen LogP contribution is 2.19. The first-order valence-corrected chi connectivity index (χ1v) is 3.65. The first-order valence-electron chi connectivity index (χ1n) is 3.65. The van der Waals surface area contributed by atoms with Crippen LogP contribution < -0.4 is 5.73 Å². The molecule has 0 aromatic heterocycles. The predicted octanol–water partition coefficient (Wildman–Crippen LogP) is -4.14. The van der Waals surface area contributed by atoms with Crippen LogP contribution in [0.4, 0.5) is 0 Å². The molecule has 6 heteroatoms. The van der Waals surface area contributed by atoms with Crippen molar-refractivity contribution in [1.82, 2.24) is 0 Å². The Morgan fingerprint density at radius 2 is 1.25 bits per heavy atom. The number of aliphatic hydroxyl groups excluding tert-OH is 4. The minimum absolute atomic E-state index is 1.03. The molecule has 6 atom stereocenters. The van der Waals surface area contributed by atoms with Gasteiger partial charge in [-0.25, -0.2) is 0 Å². The topological polar surface area (TPSA) is 130 Å². The quantitative estimate of drug-likeness (QED) is 0.242. The molecule has 1 rings (SSSR count). The zero-order valence-corrected chi connectivity index (χ0v) is 6.33. The van der Waals surface area contributed by atoms with Crippen LogP contribution in [0.15, 0.2) is 0 Å². The van der Waals surface area contributed by atoms with Gasteiger partial charge in [0.15, 0.2) is 6.10 Å². The third kappa shape index (κ3) is 1.33. The Bertz CT molecular complexity index is 107. The molecule has 0 amide bonds. The van der Waals surface area contributed by atoms with E-state index in [4.69, 9.17) is 31.3 Å². The molecule has 0 bridgehead atoms. The van der Waals surface area contributed by atoms with Crippen molar-refractivity contribution in [3.8, 4) is 0 Å². The monoisotopic (exact) mass is 180 g/mol. The SMILES string of the molecule is N[C@H]1[C@H](O)[C@@H](O)[C@H](O)[C@@H](O)[C@@H]1[OH2+]. The molecular formula is C6H14NO5+. The van der Waals surface area contributed by atoms with E-state index < -0.39 is 36.6 Å². The summed E-state index contributed by atoms with van der Waals surface area (Å²) in [5.41, 5.74) is 5.30. The van der Waals surface area contributed by atoms with Gasteiger partial charge >= 0.3 is 0 Å². The van der Waals surface area contributed by atoms with Crippen molar-refractivity contribution in [3.63, 3.8) is 0 Å². The second kappa shape index (κ2) is 3.25. The molecule has 12 heavy (non-hydrogen) atoms. The summed E-state index contributed by atoms with van der Waals surface area (Å²) < 4.78 is 0. The number of nitrogens with two attached hydrogens (primary N) is 1. The predicted molar refractivity (Wildman–Crippen MR) is 39.4 cm³/mol. The van der Waals surface area contributed by atoms with Crippen LogP contribution in [-0.4, -0.2) is 62.1 Å². The van der Waals surface area contributed by atoms with Crippen molar-refractivity contribution in [2.24, 2.45) is 5.73 Å². The largest absolute Gasteiger partial charge is 0.440 e. The van der Waals surface area contributed by atoms with E-state index in [0.29, 0.717) is 0 Å². The second-order valence-corrected chi connectivity index (χ2v) is 3.07. The minimum atomic E-state index is -1.50. The molecule has 1 aliphatic carbocycles. The highest BCUT2D eigenvalue weighted by atomic mass is 16.4. The maximum Gasteiger partial charge on any atom is 0.200 e. The molecule has 6 nitrogen and oxygen atoms in total. The number of hydrogen-bond acceptors (Lipinski definition) is 5. The molecule has 0 unspecified atom stereocenters. The smallest absolute Gasteiger partial charge is 0.200 e. The summed E-state index contributed by atoms with van der Waals surface area (Å²) in [5.74, 6) is 0. The third-order valence-electron chi connectivity index (χ3n) is 2.23. The van der Waals surface area contributed by atoms with Crippen LogP contribution in [0.25, 0.3) is 0 Å². The molecular weight excluding hydrogens is 166 g/mol. The summed E-state index contributed by atoms with van der Waals surface area (Å²) >= 11 is 0. The molecule has 0 radical (unpaired) electrons. The molecule has 72 valence electrons. The van der Waals surface area contributed by atoms with Crippen molar-refractivity contribution in [3.05, 3.63) is 0 Å². The first-order chi connectivity index (χ1) is 5.46. The summed E-state index contributed by atoms with van der Waals surface area (Å²) in [6, 6.07) is -1.03. The first kappa shape index (κ1) is 9.85. The lowest BCUT2D eigenvalue weighted by molar-refractivity contribution is -0.184. The standard InChI is InChI=1S/C6H13NO5/c7-1-2(8)4(10)6(12)5(11)3(1)9/h1-6,8-12H,7H2/p+1/t1-,2-,3+,4+,5-,6-. The van der Waals surface area contributed by atoms with E-state index in [2.05, 4.69) is 0 Å². The van der Waals surface area contributed by atoms with Crippen molar-refractivity contribution in [2.45, 2.75) is 36.6 Å². The van der Waals surface area contributed by atoms with Crippen molar-refractivity contribution in [2.75, 3.05) is 0 Å². The summed E-state index contributed by atoms with van der Waals surface area (Å²) in [5, 5.41) is 43.6. The lowest BCUT2D eigenvalue weighted by Crippen LogP contribution is -2.66. The van der Waals surface area contributed by atoms with E-state index in [1.54, 1.807) is 0 Å². The molecule has 1 aliphatic rings. The summed E-state index contributed by atoms with van der Waals surface area (Å²) in [4.78, 5) is 0. The van der Waals surface area contributed by atoms with E-state index in [1.807, 2.05) is 0 Å². The summed E-state index contributed by atoms with van der Waals surface area (Å²) in [6.07, 6.45) is -6.90. The average Bonchev–Trinajstić information content (AvgIpc) is 2.08. The highest BCUT2D eigenvalue weighted by molar-refractivity contribution is 5.00. The zero-order valence-electron chi connectivity index (χ0n) is 6.33. The van der Waals surface area contributed by atoms with Gasteiger partial charge in [-0.05, 0) is 0 Å². The van der Waals surface area contributed by atoms with Gasteiger partial charge in [0.05, 0.1) is 0 Å². The van der Waals surface area contributed by atoms with E-state index in [9.17, 15) is 0 Å². The number of aliphatic hydroxyl groups is 4. The Balaban J connectivity index is 2.76. The van der Waals surface area contributed by atoms with Gasteiger partial charge in [0, 0.05) is 0 Å². The van der Waals surface area contributed by atoms with Gasteiger partial charge < -0.3 is 31.3 Å². The number of rotatable bonds is 0. The lowest BCUT2D eigenvalue weighted by Gasteiger charge is -2.37. The van der Waals surface area contributed by atoms with E-state index in [-0.39, 0.29) is 0 Å². The lowest BCUT2D eigenvalue weighted by atomic mass is 9.84. The van der Waals surface area contributed by atoms with Crippen LogP contribution in [0.1, 0.15) is 0 Å². The Kier molecular flexibility index (Phi) is 2.67. The van der Waals surface area contributed by atoms with E-state index in [0.717, 1.165) is 0 Å². The average molecular weight is 180 g/mol. The van der Waals surface area contributed by atoms with Crippen molar-refractivity contribution >= 4 is 0 Å². The zero-order chi connectivity index (χ0) is 9.46. The van der Waals surface area contributed by atoms with Crippen molar-refractivity contribution < 1.29 is 25.5 Å². The van der Waals surface area contributed by atoms with Crippen LogP contribution in [0, 0.1) is 0 Å². The van der Waals surface area contributed by atoms with Gasteiger partial charge in [-0.3, -0.25) is 0 Å². The fourth-order valence-electron chi connectivity index (χ4n) is 1.28. The molecule has 8 N–H and O–H groups in total. The molecule has 0 aromatic rings. The van der Waals surface area contributed by atoms with Crippen LogP contribution in [0.3, 0.4) is 0 Å². The Morgan fingerprint density at radius 3 is 1.75 bits per heavy atom. The van der Waals surface area contributed by atoms with Crippen molar-refractivity contribution in [1.29, 1.82) is 0 Å². The summed E-state index contributed by atoms with van der Waals surface area (Å²) in [6.45, 7) is 0.